The van der Waals surface area contributed by atoms with E-state index in [1.54, 1.807) is 4.80 Å². The first-order chi connectivity index (χ1) is 14.8. The van der Waals surface area contributed by atoms with Crippen molar-refractivity contribution in [3.05, 3.63) is 54.6 Å². The fourth-order valence-electron chi connectivity index (χ4n) is 3.64. The van der Waals surface area contributed by atoms with Gasteiger partial charge >= 0.3 is 0 Å². The number of hydrogen-bond donors (Lipinski definition) is 0. The minimum atomic E-state index is -0.600. The molecule has 1 atom stereocenters. The first kappa shape index (κ1) is 18.6. The van der Waals surface area contributed by atoms with Crippen molar-refractivity contribution in [1.82, 2.24) is 30.0 Å². The highest BCUT2D eigenvalue weighted by Gasteiger charge is 2.32. The molecule has 0 radical (unpaired) electrons. The van der Waals surface area contributed by atoms with Gasteiger partial charge in [-0.2, -0.15) is 0 Å². The van der Waals surface area contributed by atoms with E-state index in [2.05, 4.69) is 20.3 Å². The summed E-state index contributed by atoms with van der Waals surface area (Å²) in [6, 6.07) is 17.2. The van der Waals surface area contributed by atoms with Gasteiger partial charge in [0.05, 0.1) is 0 Å². The molecule has 1 fully saturated rings. The van der Waals surface area contributed by atoms with Crippen LogP contribution in [0.5, 0.6) is 11.5 Å². The fourth-order valence-corrected chi connectivity index (χ4v) is 3.64. The van der Waals surface area contributed by atoms with Crippen molar-refractivity contribution in [1.29, 1.82) is 0 Å². The van der Waals surface area contributed by atoms with Crippen molar-refractivity contribution in [3.63, 3.8) is 0 Å². The van der Waals surface area contributed by atoms with E-state index >= 15 is 0 Å². The molecule has 2 aromatic carbocycles. The number of piperazine rings is 1. The molecule has 9 nitrogen and oxygen atoms in total. The van der Waals surface area contributed by atoms with Crippen LogP contribution in [0.2, 0.25) is 0 Å². The predicted molar refractivity (Wildman–Crippen MR) is 108 cm³/mol. The number of benzene rings is 2. The van der Waals surface area contributed by atoms with E-state index in [0.717, 1.165) is 18.7 Å². The van der Waals surface area contributed by atoms with Crippen molar-refractivity contribution in [2.24, 2.45) is 0 Å². The lowest BCUT2D eigenvalue weighted by Gasteiger charge is -2.36. The molecule has 9 heteroatoms. The Bertz CT molecular complexity index is 1020. The third-order valence-electron chi connectivity index (χ3n) is 5.28. The second kappa shape index (κ2) is 8.11. The molecule has 0 spiro atoms. The SMILES string of the molecule is O=C([C@H]1COc2ccccc2O1)N1CCN(Cn2nnc(-c3ccccc3)n2)CC1. The van der Waals surface area contributed by atoms with E-state index in [9.17, 15) is 4.79 Å². The molecule has 1 saturated heterocycles. The number of tetrazole rings is 1. The lowest BCUT2D eigenvalue weighted by Crippen LogP contribution is -2.54. The first-order valence-corrected chi connectivity index (χ1v) is 9.99. The number of nitrogens with zero attached hydrogens (tertiary/aromatic N) is 6. The van der Waals surface area contributed by atoms with Gasteiger partial charge in [0.2, 0.25) is 11.9 Å². The van der Waals surface area contributed by atoms with Crippen molar-refractivity contribution in [2.45, 2.75) is 12.8 Å². The van der Waals surface area contributed by atoms with Gasteiger partial charge in [-0.1, -0.05) is 42.5 Å². The fraction of sp³-hybridized carbons (Fsp3) is 0.333. The molecule has 0 N–H and O–H groups in total. The lowest BCUT2D eigenvalue weighted by molar-refractivity contribution is -0.143. The third-order valence-corrected chi connectivity index (χ3v) is 5.28. The molecule has 0 bridgehead atoms. The van der Waals surface area contributed by atoms with Gasteiger partial charge in [-0.05, 0) is 17.3 Å². The maximum absolute atomic E-state index is 12.9. The Kier molecular flexibility index (Phi) is 5.02. The van der Waals surface area contributed by atoms with Crippen LogP contribution in [0.15, 0.2) is 54.6 Å². The molecule has 0 aliphatic carbocycles. The summed E-state index contributed by atoms with van der Waals surface area (Å²) in [7, 11) is 0. The van der Waals surface area contributed by atoms with Gasteiger partial charge in [-0.3, -0.25) is 9.69 Å². The standard InChI is InChI=1S/C21H22N6O3/c28-21(19-14-29-17-8-4-5-9-18(17)30-19)26-12-10-25(11-13-26)15-27-23-20(22-24-27)16-6-2-1-3-7-16/h1-9,19H,10-15H2/t19-/m1/s1. The van der Waals surface area contributed by atoms with Crippen molar-refractivity contribution < 1.29 is 14.3 Å². The highest BCUT2D eigenvalue weighted by molar-refractivity contribution is 5.82. The molecule has 0 saturated carbocycles. The van der Waals surface area contributed by atoms with Crippen LogP contribution in [0, 0.1) is 0 Å². The molecule has 2 aliphatic rings. The van der Waals surface area contributed by atoms with Gasteiger partial charge < -0.3 is 14.4 Å². The van der Waals surface area contributed by atoms with Crippen LogP contribution in [0.1, 0.15) is 0 Å². The Morgan fingerprint density at radius 2 is 1.70 bits per heavy atom. The summed E-state index contributed by atoms with van der Waals surface area (Å²) in [4.78, 5) is 18.5. The average molecular weight is 406 g/mol. The number of carbonyl (C=O) groups is 1. The monoisotopic (exact) mass is 406 g/mol. The van der Waals surface area contributed by atoms with E-state index in [0.29, 0.717) is 37.1 Å². The Labute approximate surface area is 173 Å². The second-order valence-electron chi connectivity index (χ2n) is 7.30. The van der Waals surface area contributed by atoms with Crippen LogP contribution < -0.4 is 9.47 Å². The largest absolute Gasteiger partial charge is 0.485 e. The van der Waals surface area contributed by atoms with Crippen LogP contribution in [0.4, 0.5) is 0 Å². The van der Waals surface area contributed by atoms with Gasteiger partial charge in [0.1, 0.15) is 13.3 Å². The Morgan fingerprint density at radius 3 is 2.50 bits per heavy atom. The summed E-state index contributed by atoms with van der Waals surface area (Å²) >= 11 is 0. The molecular formula is C21H22N6O3. The molecule has 5 rings (SSSR count). The summed E-state index contributed by atoms with van der Waals surface area (Å²) in [5.74, 6) is 1.88. The smallest absolute Gasteiger partial charge is 0.267 e. The number of para-hydroxylation sites is 2. The van der Waals surface area contributed by atoms with Gasteiger partial charge in [0, 0.05) is 31.7 Å². The third kappa shape index (κ3) is 3.84. The van der Waals surface area contributed by atoms with Crippen LogP contribution >= 0.6 is 0 Å². The first-order valence-electron chi connectivity index (χ1n) is 9.99. The summed E-state index contributed by atoms with van der Waals surface area (Å²) < 4.78 is 11.5. The zero-order valence-corrected chi connectivity index (χ0v) is 16.4. The quantitative estimate of drug-likeness (QED) is 0.645. The van der Waals surface area contributed by atoms with Gasteiger partial charge in [0.25, 0.3) is 5.91 Å². The topological polar surface area (TPSA) is 85.6 Å². The number of hydrogen-bond acceptors (Lipinski definition) is 7. The molecule has 2 aliphatic heterocycles. The van der Waals surface area contributed by atoms with Crippen molar-refractivity contribution >= 4 is 5.91 Å². The normalized spacial score (nSPS) is 18.9. The maximum Gasteiger partial charge on any atom is 0.267 e. The minimum Gasteiger partial charge on any atom is -0.485 e. The number of carbonyl (C=O) groups excluding carboxylic acids is 1. The zero-order valence-electron chi connectivity index (χ0n) is 16.4. The number of rotatable bonds is 4. The van der Waals surface area contributed by atoms with Gasteiger partial charge in [-0.15, -0.1) is 15.0 Å². The van der Waals surface area contributed by atoms with Gasteiger partial charge in [0.15, 0.2) is 11.5 Å². The van der Waals surface area contributed by atoms with E-state index in [-0.39, 0.29) is 12.5 Å². The minimum absolute atomic E-state index is 0.0330. The van der Waals surface area contributed by atoms with Crippen LogP contribution in [0.25, 0.3) is 11.4 Å². The highest BCUT2D eigenvalue weighted by atomic mass is 16.6. The summed E-state index contributed by atoms with van der Waals surface area (Å²) in [5.41, 5.74) is 0.940. The Balaban J connectivity index is 1.14. The summed E-state index contributed by atoms with van der Waals surface area (Å²) in [6.45, 7) is 3.50. The summed E-state index contributed by atoms with van der Waals surface area (Å²) in [6.07, 6.45) is -0.600. The van der Waals surface area contributed by atoms with Crippen LogP contribution in [-0.2, 0) is 11.5 Å². The summed E-state index contributed by atoms with van der Waals surface area (Å²) in [5, 5.41) is 12.7. The van der Waals surface area contributed by atoms with Crippen LogP contribution in [0.3, 0.4) is 0 Å². The van der Waals surface area contributed by atoms with E-state index in [1.165, 1.54) is 0 Å². The molecule has 1 amide bonds. The molecule has 154 valence electrons. The second-order valence-corrected chi connectivity index (χ2v) is 7.30. The molecule has 30 heavy (non-hydrogen) atoms. The predicted octanol–water partition coefficient (Wildman–Crippen LogP) is 1.28. The van der Waals surface area contributed by atoms with E-state index in [1.807, 2.05) is 59.5 Å². The van der Waals surface area contributed by atoms with E-state index < -0.39 is 6.10 Å². The Morgan fingerprint density at radius 1 is 0.967 bits per heavy atom. The molecular weight excluding hydrogens is 384 g/mol. The zero-order chi connectivity index (χ0) is 20.3. The highest BCUT2D eigenvalue weighted by Crippen LogP contribution is 2.31. The lowest BCUT2D eigenvalue weighted by atomic mass is 10.2. The van der Waals surface area contributed by atoms with Crippen molar-refractivity contribution in [3.8, 4) is 22.9 Å². The van der Waals surface area contributed by atoms with Gasteiger partial charge in [-0.25, -0.2) is 0 Å². The number of amides is 1. The molecule has 1 aromatic heterocycles. The van der Waals surface area contributed by atoms with E-state index in [4.69, 9.17) is 9.47 Å². The van der Waals surface area contributed by atoms with Crippen LogP contribution in [-0.4, -0.2) is 74.8 Å². The molecule has 3 heterocycles. The Hall–Kier alpha value is -3.46. The number of ether oxygens (including phenoxy) is 2. The molecule has 3 aromatic rings. The maximum atomic E-state index is 12.9. The molecule has 0 unspecified atom stereocenters. The number of aromatic nitrogens is 4. The van der Waals surface area contributed by atoms with Crippen molar-refractivity contribution in [2.75, 3.05) is 32.8 Å². The average Bonchev–Trinajstić information content (AvgIpc) is 3.28. The number of fused-ring (bicyclic) bond motifs is 1.